The Morgan fingerprint density at radius 3 is 2.27 bits per heavy atom. The van der Waals surface area contributed by atoms with Crippen molar-refractivity contribution in [1.82, 2.24) is 0 Å². The van der Waals surface area contributed by atoms with Crippen LogP contribution in [-0.4, -0.2) is 4.89 Å². The molecule has 4 heteroatoms. The lowest BCUT2D eigenvalue weighted by Crippen LogP contribution is -1.99. The third-order valence-corrected chi connectivity index (χ3v) is 2.40. The van der Waals surface area contributed by atoms with Crippen LogP contribution in [0.25, 0.3) is 0 Å². The summed E-state index contributed by atoms with van der Waals surface area (Å²) in [6, 6.07) is 7.12. The molecular formula is C7H10ClO2P. The van der Waals surface area contributed by atoms with Gasteiger partial charge in [0.2, 0.25) is 8.03 Å². The van der Waals surface area contributed by atoms with Gasteiger partial charge >= 0.3 is 0 Å². The van der Waals surface area contributed by atoms with Crippen LogP contribution in [0.15, 0.2) is 24.3 Å². The molecule has 1 rings (SSSR count). The molecule has 0 heterocycles. The summed E-state index contributed by atoms with van der Waals surface area (Å²) in [6.45, 7) is 1.83. The highest BCUT2D eigenvalue weighted by Gasteiger charge is 1.99. The normalized spacial score (nSPS) is 11.8. The summed E-state index contributed by atoms with van der Waals surface area (Å²) in [5.41, 5.74) is 0.883. The highest BCUT2D eigenvalue weighted by Crippen LogP contribution is 2.14. The van der Waals surface area contributed by atoms with Crippen LogP contribution in [0.3, 0.4) is 0 Å². The van der Waals surface area contributed by atoms with Gasteiger partial charge in [-0.1, -0.05) is 18.2 Å². The third-order valence-electron chi connectivity index (χ3n) is 1.38. The first-order chi connectivity index (χ1) is 4.72. The second-order valence-electron chi connectivity index (χ2n) is 2.12. The largest absolute Gasteiger partial charge is 0.343 e. The lowest BCUT2D eigenvalue weighted by molar-refractivity contribution is 0.513. The lowest BCUT2D eigenvalue weighted by Gasteiger charge is -1.97. The molecule has 62 valence electrons. The van der Waals surface area contributed by atoms with E-state index in [1.807, 2.05) is 19.1 Å². The summed E-state index contributed by atoms with van der Waals surface area (Å²) in [5, 5.41) is 0.563. The van der Waals surface area contributed by atoms with Crippen LogP contribution in [-0.2, 0) is 4.57 Å². The van der Waals surface area contributed by atoms with Crippen LogP contribution in [0.2, 0.25) is 0 Å². The van der Waals surface area contributed by atoms with E-state index < -0.39 is 8.03 Å². The number of benzene rings is 1. The van der Waals surface area contributed by atoms with Gasteiger partial charge in [0.05, 0.1) is 0 Å². The molecule has 0 radical (unpaired) electrons. The van der Waals surface area contributed by atoms with E-state index in [2.05, 4.69) is 0 Å². The zero-order valence-electron chi connectivity index (χ0n) is 6.07. The van der Waals surface area contributed by atoms with Crippen molar-refractivity contribution in [3.8, 4) is 0 Å². The van der Waals surface area contributed by atoms with Gasteiger partial charge in [-0.2, -0.15) is 0 Å². The fourth-order valence-electron chi connectivity index (χ4n) is 0.813. The van der Waals surface area contributed by atoms with E-state index in [4.69, 9.17) is 4.89 Å². The minimum Gasteiger partial charge on any atom is -0.343 e. The topological polar surface area (TPSA) is 37.3 Å². The average Bonchev–Trinajstić information content (AvgIpc) is 1.88. The summed E-state index contributed by atoms with van der Waals surface area (Å²) in [6.07, 6.45) is 0. The van der Waals surface area contributed by atoms with Gasteiger partial charge in [-0.25, -0.2) is 0 Å². The number of halogens is 1. The van der Waals surface area contributed by atoms with Gasteiger partial charge in [0.1, 0.15) is 0 Å². The Labute approximate surface area is 72.5 Å². The standard InChI is InChI=1S/C7H9O2P.ClH/c1-6-4-2-3-5-7(6)10(8)9;/h2-5,10H,1H3,(H,8,9);1H. The molecule has 0 aliphatic carbocycles. The van der Waals surface area contributed by atoms with E-state index in [9.17, 15) is 4.57 Å². The molecule has 0 aliphatic heterocycles. The fourth-order valence-corrected chi connectivity index (χ4v) is 1.47. The number of hydrogen-bond donors (Lipinski definition) is 1. The van der Waals surface area contributed by atoms with Crippen molar-refractivity contribution in [3.63, 3.8) is 0 Å². The predicted octanol–water partition coefficient (Wildman–Crippen LogP) is 1.51. The smallest absolute Gasteiger partial charge is 0.218 e. The summed E-state index contributed by atoms with van der Waals surface area (Å²) in [5.74, 6) is 0. The van der Waals surface area contributed by atoms with Crippen LogP contribution in [0.5, 0.6) is 0 Å². The molecular weight excluding hydrogens is 183 g/mol. The predicted molar refractivity (Wildman–Crippen MR) is 49.3 cm³/mol. The van der Waals surface area contributed by atoms with Crippen LogP contribution in [0, 0.1) is 6.92 Å². The maximum atomic E-state index is 10.6. The minimum atomic E-state index is -2.49. The fraction of sp³-hybridized carbons (Fsp3) is 0.143. The maximum Gasteiger partial charge on any atom is 0.218 e. The van der Waals surface area contributed by atoms with Crippen molar-refractivity contribution in [1.29, 1.82) is 0 Å². The van der Waals surface area contributed by atoms with Gasteiger partial charge in [0.25, 0.3) is 0 Å². The number of aryl methyl sites for hydroxylation is 1. The molecule has 1 N–H and O–H groups in total. The molecule has 0 saturated carbocycles. The Balaban J connectivity index is 0.000001000. The molecule has 0 amide bonds. The first-order valence-electron chi connectivity index (χ1n) is 3.01. The van der Waals surface area contributed by atoms with Crippen molar-refractivity contribution in [2.75, 3.05) is 0 Å². The molecule has 1 aromatic carbocycles. The molecule has 1 aromatic rings. The van der Waals surface area contributed by atoms with Crippen LogP contribution >= 0.6 is 20.4 Å². The van der Waals surface area contributed by atoms with E-state index >= 15 is 0 Å². The molecule has 2 nitrogen and oxygen atoms in total. The van der Waals surface area contributed by atoms with E-state index in [0.29, 0.717) is 5.30 Å². The molecule has 11 heavy (non-hydrogen) atoms. The number of rotatable bonds is 1. The first-order valence-corrected chi connectivity index (χ1v) is 4.36. The average molecular weight is 193 g/mol. The summed E-state index contributed by atoms with van der Waals surface area (Å²) in [7, 11) is -2.49. The van der Waals surface area contributed by atoms with Crippen molar-refractivity contribution >= 4 is 25.7 Å². The van der Waals surface area contributed by atoms with E-state index in [-0.39, 0.29) is 12.4 Å². The van der Waals surface area contributed by atoms with Crippen molar-refractivity contribution < 1.29 is 9.46 Å². The SMILES string of the molecule is Cc1ccccc1[PH](=O)O.Cl. The Hall–Kier alpha value is -0.300. The van der Waals surface area contributed by atoms with Gasteiger partial charge in [-0.3, -0.25) is 4.57 Å². The zero-order chi connectivity index (χ0) is 7.56. The van der Waals surface area contributed by atoms with Crippen molar-refractivity contribution in [2.45, 2.75) is 6.92 Å². The highest BCUT2D eigenvalue weighted by atomic mass is 35.5. The van der Waals surface area contributed by atoms with Gasteiger partial charge in [-0.15, -0.1) is 12.4 Å². The molecule has 0 spiro atoms. The van der Waals surface area contributed by atoms with Gasteiger partial charge < -0.3 is 4.89 Å². The van der Waals surface area contributed by atoms with Gasteiger partial charge in [0, 0.05) is 5.30 Å². The zero-order valence-corrected chi connectivity index (χ0v) is 7.89. The van der Waals surface area contributed by atoms with Gasteiger partial charge in [0.15, 0.2) is 0 Å². The third kappa shape index (κ3) is 2.66. The molecule has 0 saturated heterocycles. The lowest BCUT2D eigenvalue weighted by atomic mass is 10.2. The molecule has 0 fully saturated rings. The maximum absolute atomic E-state index is 10.6. The van der Waals surface area contributed by atoms with E-state index in [1.54, 1.807) is 12.1 Å². The Morgan fingerprint density at radius 2 is 1.91 bits per heavy atom. The quantitative estimate of drug-likeness (QED) is 0.685. The molecule has 1 atom stereocenters. The molecule has 1 unspecified atom stereocenters. The van der Waals surface area contributed by atoms with Gasteiger partial charge in [-0.05, 0) is 18.6 Å². The minimum absolute atomic E-state index is 0. The second kappa shape index (κ2) is 4.55. The summed E-state index contributed by atoms with van der Waals surface area (Å²) < 4.78 is 10.6. The van der Waals surface area contributed by atoms with Crippen molar-refractivity contribution in [3.05, 3.63) is 29.8 Å². The molecule has 0 bridgehead atoms. The summed E-state index contributed by atoms with van der Waals surface area (Å²) in [4.78, 5) is 8.75. The van der Waals surface area contributed by atoms with E-state index in [1.165, 1.54) is 0 Å². The van der Waals surface area contributed by atoms with Crippen LogP contribution < -0.4 is 5.30 Å². The Bertz CT molecular complexity index is 262. The Morgan fingerprint density at radius 1 is 1.36 bits per heavy atom. The van der Waals surface area contributed by atoms with Crippen molar-refractivity contribution in [2.24, 2.45) is 0 Å². The van der Waals surface area contributed by atoms with Crippen LogP contribution in [0.1, 0.15) is 5.56 Å². The number of hydrogen-bond acceptors (Lipinski definition) is 1. The first kappa shape index (κ1) is 10.7. The molecule has 0 aromatic heterocycles. The monoisotopic (exact) mass is 192 g/mol. The molecule has 0 aliphatic rings. The summed E-state index contributed by atoms with van der Waals surface area (Å²) >= 11 is 0. The van der Waals surface area contributed by atoms with Crippen LogP contribution in [0.4, 0.5) is 0 Å². The van der Waals surface area contributed by atoms with E-state index in [0.717, 1.165) is 5.56 Å². The highest BCUT2D eigenvalue weighted by molar-refractivity contribution is 7.47. The second-order valence-corrected chi connectivity index (χ2v) is 3.27. The Kier molecular flexibility index (Phi) is 4.43.